The van der Waals surface area contributed by atoms with E-state index in [1.165, 1.54) is 11.1 Å². The molecule has 0 saturated heterocycles. The monoisotopic (exact) mass is 193 g/mol. The third-order valence-electron chi connectivity index (χ3n) is 2.73. The van der Waals surface area contributed by atoms with Gasteiger partial charge >= 0.3 is 0 Å². The van der Waals surface area contributed by atoms with Crippen LogP contribution in [0.2, 0.25) is 0 Å². The van der Waals surface area contributed by atoms with Crippen molar-refractivity contribution in [1.82, 2.24) is 5.32 Å². The first-order valence-electron chi connectivity index (χ1n) is 4.94. The van der Waals surface area contributed by atoms with E-state index in [1.807, 2.05) is 12.1 Å². The van der Waals surface area contributed by atoms with Crippen molar-refractivity contribution in [2.75, 3.05) is 0 Å². The summed E-state index contributed by atoms with van der Waals surface area (Å²) in [6.07, 6.45) is 1.47. The van der Waals surface area contributed by atoms with Gasteiger partial charge in [0.15, 0.2) is 0 Å². The maximum atomic E-state index is 8.80. The largest absolute Gasteiger partial charge is 0.356 e. The average Bonchev–Trinajstić information content (AvgIpc) is 2.17. The predicted molar refractivity (Wildman–Crippen MR) is 53.6 cm³/mol. The minimum Gasteiger partial charge on any atom is -0.356 e. The molecule has 76 valence electrons. The van der Waals surface area contributed by atoms with E-state index in [0.717, 1.165) is 19.3 Å². The number of aliphatic hydroxyl groups excluding tert-OH is 1. The molecule has 3 nitrogen and oxygen atoms in total. The lowest BCUT2D eigenvalue weighted by molar-refractivity contribution is -0.0742. The molecule has 0 aromatic heterocycles. The molecule has 2 rings (SSSR count). The molecule has 0 spiro atoms. The number of hydrogen-bond donors (Lipinski definition) is 3. The van der Waals surface area contributed by atoms with Crippen molar-refractivity contribution in [3.8, 4) is 0 Å². The van der Waals surface area contributed by atoms with Crippen LogP contribution in [0.3, 0.4) is 0 Å². The Kier molecular flexibility index (Phi) is 2.82. The molecule has 0 heterocycles. The highest BCUT2D eigenvalue weighted by Crippen LogP contribution is 2.20. The molecule has 0 fully saturated rings. The van der Waals surface area contributed by atoms with Crippen LogP contribution in [0.4, 0.5) is 0 Å². The normalized spacial score (nSPS) is 20.9. The van der Waals surface area contributed by atoms with E-state index < -0.39 is 6.41 Å². The van der Waals surface area contributed by atoms with E-state index in [2.05, 4.69) is 17.4 Å². The summed E-state index contributed by atoms with van der Waals surface area (Å²) in [6.45, 7) is 0. The summed E-state index contributed by atoms with van der Waals surface area (Å²) in [6, 6.07) is 8.50. The molecule has 1 aromatic carbocycles. The lowest BCUT2D eigenvalue weighted by Crippen LogP contribution is -2.41. The fourth-order valence-corrected chi connectivity index (χ4v) is 2.05. The Labute approximate surface area is 83.4 Å². The van der Waals surface area contributed by atoms with Gasteiger partial charge in [0.05, 0.1) is 0 Å². The molecular weight excluding hydrogens is 178 g/mol. The number of benzene rings is 1. The Bertz CT molecular complexity index is 312. The zero-order chi connectivity index (χ0) is 9.97. The van der Waals surface area contributed by atoms with Gasteiger partial charge in [-0.1, -0.05) is 24.3 Å². The number of aliphatic hydroxyl groups is 2. The Balaban J connectivity index is 2.06. The molecule has 3 heteroatoms. The van der Waals surface area contributed by atoms with Crippen molar-refractivity contribution < 1.29 is 10.2 Å². The standard InChI is InChI=1S/C11H15NO2/c13-11(14)12-10-6-5-8-3-1-2-4-9(8)7-10/h1-4,10-14H,5-7H2. The predicted octanol–water partition coefficient (Wildman–Crippen LogP) is 0.402. The van der Waals surface area contributed by atoms with Crippen LogP contribution in [-0.4, -0.2) is 22.7 Å². The van der Waals surface area contributed by atoms with Gasteiger partial charge in [0.1, 0.15) is 0 Å². The van der Waals surface area contributed by atoms with Crippen LogP contribution in [0, 0.1) is 0 Å². The van der Waals surface area contributed by atoms with E-state index >= 15 is 0 Å². The minimum atomic E-state index is -1.40. The number of nitrogens with one attached hydrogen (secondary N) is 1. The quantitative estimate of drug-likeness (QED) is 0.596. The van der Waals surface area contributed by atoms with Crippen LogP contribution < -0.4 is 5.32 Å². The molecule has 1 unspecified atom stereocenters. The van der Waals surface area contributed by atoms with Crippen molar-refractivity contribution in [1.29, 1.82) is 0 Å². The van der Waals surface area contributed by atoms with Crippen molar-refractivity contribution in [3.05, 3.63) is 35.4 Å². The number of rotatable bonds is 2. The fourth-order valence-electron chi connectivity index (χ4n) is 2.05. The van der Waals surface area contributed by atoms with Crippen LogP contribution >= 0.6 is 0 Å². The van der Waals surface area contributed by atoms with E-state index in [-0.39, 0.29) is 6.04 Å². The maximum Gasteiger partial charge on any atom is 0.211 e. The van der Waals surface area contributed by atoms with Gasteiger partial charge in [-0.2, -0.15) is 0 Å². The Morgan fingerprint density at radius 3 is 2.64 bits per heavy atom. The average molecular weight is 193 g/mol. The van der Waals surface area contributed by atoms with E-state index in [4.69, 9.17) is 10.2 Å². The van der Waals surface area contributed by atoms with Crippen LogP contribution in [0.15, 0.2) is 24.3 Å². The number of aryl methyl sites for hydroxylation is 1. The summed E-state index contributed by atoms with van der Waals surface area (Å²) in [7, 11) is 0. The van der Waals surface area contributed by atoms with Crippen molar-refractivity contribution in [3.63, 3.8) is 0 Å². The molecule has 0 aliphatic heterocycles. The second kappa shape index (κ2) is 4.09. The molecule has 0 bridgehead atoms. The lowest BCUT2D eigenvalue weighted by Gasteiger charge is -2.26. The maximum absolute atomic E-state index is 8.80. The fraction of sp³-hybridized carbons (Fsp3) is 0.455. The van der Waals surface area contributed by atoms with E-state index in [0.29, 0.717) is 0 Å². The highest BCUT2D eigenvalue weighted by molar-refractivity contribution is 5.30. The summed E-state index contributed by atoms with van der Waals surface area (Å²) in [4.78, 5) is 0. The second-order valence-electron chi connectivity index (χ2n) is 3.75. The van der Waals surface area contributed by atoms with Crippen LogP contribution in [0.1, 0.15) is 17.5 Å². The summed E-state index contributed by atoms with van der Waals surface area (Å²) in [5, 5.41) is 20.3. The molecular formula is C11H15NO2. The molecule has 1 aliphatic carbocycles. The van der Waals surface area contributed by atoms with Crippen molar-refractivity contribution in [2.45, 2.75) is 31.7 Å². The van der Waals surface area contributed by atoms with E-state index in [9.17, 15) is 0 Å². The first-order chi connectivity index (χ1) is 6.75. The molecule has 0 radical (unpaired) electrons. The van der Waals surface area contributed by atoms with E-state index in [1.54, 1.807) is 0 Å². The summed E-state index contributed by atoms with van der Waals surface area (Å²) in [5.74, 6) is 0. The third-order valence-corrected chi connectivity index (χ3v) is 2.73. The van der Waals surface area contributed by atoms with Gasteiger partial charge in [0, 0.05) is 6.04 Å². The lowest BCUT2D eigenvalue weighted by atomic mass is 9.88. The highest BCUT2D eigenvalue weighted by atomic mass is 16.5. The summed E-state index contributed by atoms with van der Waals surface area (Å²) >= 11 is 0. The van der Waals surface area contributed by atoms with Crippen LogP contribution in [-0.2, 0) is 12.8 Å². The molecule has 1 atom stereocenters. The van der Waals surface area contributed by atoms with Gasteiger partial charge in [-0.15, -0.1) is 0 Å². The summed E-state index contributed by atoms with van der Waals surface area (Å²) in [5.41, 5.74) is 2.70. The van der Waals surface area contributed by atoms with Gasteiger partial charge < -0.3 is 10.2 Å². The molecule has 14 heavy (non-hydrogen) atoms. The molecule has 1 aromatic rings. The van der Waals surface area contributed by atoms with Gasteiger partial charge in [-0.3, -0.25) is 5.32 Å². The zero-order valence-corrected chi connectivity index (χ0v) is 7.98. The second-order valence-corrected chi connectivity index (χ2v) is 3.75. The Hall–Kier alpha value is -0.900. The van der Waals surface area contributed by atoms with Crippen LogP contribution in [0.25, 0.3) is 0 Å². The smallest absolute Gasteiger partial charge is 0.211 e. The topological polar surface area (TPSA) is 52.5 Å². The SMILES string of the molecule is OC(O)NC1CCc2ccccc2C1. The van der Waals surface area contributed by atoms with Crippen molar-refractivity contribution >= 4 is 0 Å². The highest BCUT2D eigenvalue weighted by Gasteiger charge is 2.18. The Morgan fingerprint density at radius 1 is 1.21 bits per heavy atom. The number of hydrogen-bond acceptors (Lipinski definition) is 3. The molecule has 0 saturated carbocycles. The van der Waals surface area contributed by atoms with Gasteiger partial charge in [-0.25, -0.2) is 0 Å². The Morgan fingerprint density at radius 2 is 1.93 bits per heavy atom. The van der Waals surface area contributed by atoms with Crippen LogP contribution in [0.5, 0.6) is 0 Å². The minimum absolute atomic E-state index is 0.185. The van der Waals surface area contributed by atoms with Gasteiger partial charge in [0.25, 0.3) is 0 Å². The van der Waals surface area contributed by atoms with Gasteiger partial charge in [-0.05, 0) is 30.4 Å². The van der Waals surface area contributed by atoms with Crippen molar-refractivity contribution in [2.24, 2.45) is 0 Å². The molecule has 1 aliphatic rings. The molecule has 0 amide bonds. The first kappa shape index (κ1) is 9.65. The molecule has 3 N–H and O–H groups in total. The number of fused-ring (bicyclic) bond motifs is 1. The summed E-state index contributed by atoms with van der Waals surface area (Å²) < 4.78 is 0. The third kappa shape index (κ3) is 2.12. The first-order valence-corrected chi connectivity index (χ1v) is 4.94. The zero-order valence-electron chi connectivity index (χ0n) is 7.98. The van der Waals surface area contributed by atoms with Gasteiger partial charge in [0.2, 0.25) is 6.41 Å².